The lowest BCUT2D eigenvalue weighted by molar-refractivity contribution is 0.0940. The van der Waals surface area contributed by atoms with Gasteiger partial charge in [0.2, 0.25) is 5.95 Å². The molecule has 4 rings (SSSR count). The predicted molar refractivity (Wildman–Crippen MR) is 125 cm³/mol. The fourth-order valence-electron chi connectivity index (χ4n) is 4.04. The SMILES string of the molecule is Cc1ccc([C@H](C)NC(=O)c2cccc(-c3cnc(NC4CCCCC4)nc3)c2)cc1. The summed E-state index contributed by atoms with van der Waals surface area (Å²) in [5.74, 6) is 0.586. The number of rotatable bonds is 6. The van der Waals surface area contributed by atoms with E-state index in [-0.39, 0.29) is 11.9 Å². The first kappa shape index (κ1) is 21.0. The van der Waals surface area contributed by atoms with E-state index in [9.17, 15) is 4.79 Å². The molecule has 2 aromatic carbocycles. The zero-order chi connectivity index (χ0) is 21.6. The van der Waals surface area contributed by atoms with Gasteiger partial charge in [-0.3, -0.25) is 4.79 Å². The molecule has 160 valence electrons. The van der Waals surface area contributed by atoms with Gasteiger partial charge in [-0.1, -0.05) is 61.2 Å². The van der Waals surface area contributed by atoms with Crippen LogP contribution in [0.15, 0.2) is 60.9 Å². The van der Waals surface area contributed by atoms with Crippen molar-refractivity contribution in [2.75, 3.05) is 5.32 Å². The van der Waals surface area contributed by atoms with Crippen molar-refractivity contribution in [3.8, 4) is 11.1 Å². The standard InChI is InChI=1S/C26H30N4O/c1-18-11-13-20(14-12-18)19(2)29-25(31)22-8-6-7-21(15-22)23-16-27-26(28-17-23)30-24-9-4-3-5-10-24/h6-8,11-17,19,24H,3-5,9-10H2,1-2H3,(H,29,31)(H,27,28,30)/t19-/m0/s1. The van der Waals surface area contributed by atoms with Gasteiger partial charge < -0.3 is 10.6 Å². The Hall–Kier alpha value is -3.21. The quantitative estimate of drug-likeness (QED) is 0.544. The predicted octanol–water partition coefficient (Wildman–Crippen LogP) is 5.69. The van der Waals surface area contributed by atoms with Gasteiger partial charge in [0.15, 0.2) is 0 Å². The molecular weight excluding hydrogens is 384 g/mol. The van der Waals surface area contributed by atoms with E-state index in [2.05, 4.69) is 51.8 Å². The molecule has 0 radical (unpaired) electrons. The highest BCUT2D eigenvalue weighted by Crippen LogP contribution is 2.23. The van der Waals surface area contributed by atoms with Crippen molar-refractivity contribution in [2.24, 2.45) is 0 Å². The number of anilines is 1. The summed E-state index contributed by atoms with van der Waals surface area (Å²) < 4.78 is 0. The molecule has 1 amide bonds. The summed E-state index contributed by atoms with van der Waals surface area (Å²) >= 11 is 0. The third kappa shape index (κ3) is 5.48. The lowest BCUT2D eigenvalue weighted by atomic mass is 9.96. The second-order valence-electron chi connectivity index (χ2n) is 8.46. The molecule has 31 heavy (non-hydrogen) atoms. The molecule has 1 heterocycles. The second kappa shape index (κ2) is 9.73. The van der Waals surface area contributed by atoms with E-state index in [4.69, 9.17) is 0 Å². The van der Waals surface area contributed by atoms with Crippen LogP contribution in [0, 0.1) is 6.92 Å². The van der Waals surface area contributed by atoms with E-state index in [0.717, 1.165) is 16.7 Å². The summed E-state index contributed by atoms with van der Waals surface area (Å²) in [6.45, 7) is 4.05. The largest absolute Gasteiger partial charge is 0.351 e. The smallest absolute Gasteiger partial charge is 0.251 e. The molecule has 1 atom stereocenters. The maximum absolute atomic E-state index is 12.8. The minimum Gasteiger partial charge on any atom is -0.351 e. The number of hydrogen-bond acceptors (Lipinski definition) is 4. The van der Waals surface area contributed by atoms with Crippen molar-refractivity contribution < 1.29 is 4.79 Å². The highest BCUT2D eigenvalue weighted by Gasteiger charge is 2.15. The second-order valence-corrected chi connectivity index (χ2v) is 8.46. The van der Waals surface area contributed by atoms with Crippen LogP contribution < -0.4 is 10.6 Å². The van der Waals surface area contributed by atoms with Crippen LogP contribution >= 0.6 is 0 Å². The summed E-state index contributed by atoms with van der Waals surface area (Å²) in [7, 11) is 0. The Morgan fingerprint density at radius 3 is 2.39 bits per heavy atom. The summed E-state index contributed by atoms with van der Waals surface area (Å²) in [5.41, 5.74) is 4.75. The normalized spacial score (nSPS) is 15.3. The first-order chi connectivity index (χ1) is 15.1. The van der Waals surface area contributed by atoms with E-state index in [1.807, 2.05) is 43.6 Å². The average molecular weight is 415 g/mol. The van der Waals surface area contributed by atoms with Gasteiger partial charge in [0, 0.05) is 29.6 Å². The van der Waals surface area contributed by atoms with Crippen molar-refractivity contribution in [3.05, 3.63) is 77.6 Å². The number of aryl methyl sites for hydroxylation is 1. The highest BCUT2D eigenvalue weighted by molar-refractivity contribution is 5.95. The van der Waals surface area contributed by atoms with Crippen LogP contribution in [0.4, 0.5) is 5.95 Å². The number of carbonyl (C=O) groups is 1. The minimum atomic E-state index is -0.0913. The topological polar surface area (TPSA) is 66.9 Å². The van der Waals surface area contributed by atoms with Crippen LogP contribution in [0.3, 0.4) is 0 Å². The Morgan fingerprint density at radius 2 is 1.68 bits per heavy atom. The Kier molecular flexibility index (Phi) is 6.60. The molecule has 1 aromatic heterocycles. The van der Waals surface area contributed by atoms with E-state index in [1.54, 1.807) is 0 Å². The molecule has 1 aliphatic rings. The van der Waals surface area contributed by atoms with E-state index >= 15 is 0 Å². The maximum Gasteiger partial charge on any atom is 0.251 e. The third-order valence-corrected chi connectivity index (χ3v) is 5.97. The Morgan fingerprint density at radius 1 is 0.968 bits per heavy atom. The molecular formula is C26H30N4O. The molecule has 3 aromatic rings. The monoisotopic (exact) mass is 414 g/mol. The maximum atomic E-state index is 12.8. The summed E-state index contributed by atoms with van der Waals surface area (Å²) in [4.78, 5) is 21.8. The minimum absolute atomic E-state index is 0.0646. The molecule has 5 nitrogen and oxygen atoms in total. The summed E-state index contributed by atoms with van der Waals surface area (Å²) in [6, 6.07) is 16.2. The Bertz CT molecular complexity index is 1010. The molecule has 0 spiro atoms. The van der Waals surface area contributed by atoms with Crippen molar-refractivity contribution in [3.63, 3.8) is 0 Å². The zero-order valence-corrected chi connectivity index (χ0v) is 18.3. The van der Waals surface area contributed by atoms with Crippen LogP contribution in [0.5, 0.6) is 0 Å². The molecule has 5 heteroatoms. The van der Waals surface area contributed by atoms with E-state index < -0.39 is 0 Å². The summed E-state index contributed by atoms with van der Waals surface area (Å²) in [5, 5.41) is 6.53. The van der Waals surface area contributed by atoms with Crippen molar-refractivity contribution in [2.45, 2.75) is 58.0 Å². The molecule has 0 unspecified atom stereocenters. The number of carbonyl (C=O) groups excluding carboxylic acids is 1. The van der Waals surface area contributed by atoms with Gasteiger partial charge in [0.1, 0.15) is 0 Å². The summed E-state index contributed by atoms with van der Waals surface area (Å²) in [6.07, 6.45) is 9.88. The lowest BCUT2D eigenvalue weighted by Gasteiger charge is -2.22. The van der Waals surface area contributed by atoms with Crippen LogP contribution in [0.1, 0.15) is 66.6 Å². The van der Waals surface area contributed by atoms with Crippen LogP contribution in [0.25, 0.3) is 11.1 Å². The van der Waals surface area contributed by atoms with Gasteiger partial charge >= 0.3 is 0 Å². The molecule has 0 saturated heterocycles. The number of nitrogens with zero attached hydrogens (tertiary/aromatic N) is 2. The lowest BCUT2D eigenvalue weighted by Crippen LogP contribution is -2.26. The third-order valence-electron chi connectivity index (χ3n) is 5.97. The molecule has 0 bridgehead atoms. The van der Waals surface area contributed by atoms with Gasteiger partial charge in [0.05, 0.1) is 6.04 Å². The van der Waals surface area contributed by atoms with Gasteiger partial charge in [-0.2, -0.15) is 0 Å². The molecule has 1 aliphatic carbocycles. The van der Waals surface area contributed by atoms with E-state index in [0.29, 0.717) is 17.6 Å². The van der Waals surface area contributed by atoms with Gasteiger partial charge in [0.25, 0.3) is 5.91 Å². The Labute approximate surface area is 184 Å². The van der Waals surface area contributed by atoms with Gasteiger partial charge in [-0.05, 0) is 49.9 Å². The Balaban J connectivity index is 1.42. The fourth-order valence-corrected chi connectivity index (χ4v) is 4.04. The molecule has 1 fully saturated rings. The van der Waals surface area contributed by atoms with Crippen LogP contribution in [-0.4, -0.2) is 21.9 Å². The molecule has 2 N–H and O–H groups in total. The van der Waals surface area contributed by atoms with E-state index in [1.165, 1.54) is 37.7 Å². The van der Waals surface area contributed by atoms with Crippen molar-refractivity contribution >= 4 is 11.9 Å². The van der Waals surface area contributed by atoms with Gasteiger partial charge in [-0.25, -0.2) is 9.97 Å². The van der Waals surface area contributed by atoms with Crippen LogP contribution in [0.2, 0.25) is 0 Å². The highest BCUT2D eigenvalue weighted by atomic mass is 16.1. The van der Waals surface area contributed by atoms with Crippen molar-refractivity contribution in [1.82, 2.24) is 15.3 Å². The number of nitrogens with one attached hydrogen (secondary N) is 2. The number of aromatic nitrogens is 2. The number of benzene rings is 2. The van der Waals surface area contributed by atoms with Gasteiger partial charge in [-0.15, -0.1) is 0 Å². The molecule has 1 saturated carbocycles. The average Bonchev–Trinajstić information content (AvgIpc) is 2.81. The zero-order valence-electron chi connectivity index (χ0n) is 18.3. The number of amides is 1. The fraction of sp³-hybridized carbons (Fsp3) is 0.346. The first-order valence-corrected chi connectivity index (χ1v) is 11.1. The first-order valence-electron chi connectivity index (χ1n) is 11.1. The molecule has 0 aliphatic heterocycles. The van der Waals surface area contributed by atoms with Crippen molar-refractivity contribution in [1.29, 1.82) is 0 Å². The van der Waals surface area contributed by atoms with Crippen LogP contribution in [-0.2, 0) is 0 Å². The number of hydrogen-bond donors (Lipinski definition) is 2.